The normalized spacial score (nSPS) is 31.8. The van der Waals surface area contributed by atoms with Crippen molar-refractivity contribution in [3.63, 3.8) is 0 Å². The lowest BCUT2D eigenvalue weighted by Crippen LogP contribution is -2.05. The van der Waals surface area contributed by atoms with Gasteiger partial charge in [-0.25, -0.2) is 0 Å². The molecule has 0 amide bonds. The van der Waals surface area contributed by atoms with Gasteiger partial charge in [-0.05, 0) is 19.3 Å². The van der Waals surface area contributed by atoms with Crippen molar-refractivity contribution in [2.75, 3.05) is 6.61 Å². The molecule has 1 saturated carbocycles. The van der Waals surface area contributed by atoms with Crippen LogP contribution in [0.15, 0.2) is 0 Å². The summed E-state index contributed by atoms with van der Waals surface area (Å²) in [6.07, 6.45) is 1.15. The average molecular weight is 127 g/mol. The Balaban J connectivity index is 2.20. The molecule has 0 aromatic heterocycles. The van der Waals surface area contributed by atoms with Gasteiger partial charge in [0.25, 0.3) is 0 Å². The molecule has 0 aliphatic heterocycles. The van der Waals surface area contributed by atoms with Gasteiger partial charge in [-0.2, -0.15) is 0 Å². The van der Waals surface area contributed by atoms with Gasteiger partial charge >= 0.3 is 0 Å². The Kier molecular flexibility index (Phi) is 1.74. The second-order valence-electron chi connectivity index (χ2n) is 2.62. The first-order valence-electron chi connectivity index (χ1n) is 3.47. The van der Waals surface area contributed by atoms with E-state index in [1.54, 1.807) is 0 Å². The van der Waals surface area contributed by atoms with Crippen LogP contribution in [0.1, 0.15) is 20.3 Å². The van der Waals surface area contributed by atoms with Gasteiger partial charge in [0.2, 0.25) is 0 Å². The molecule has 0 aromatic carbocycles. The van der Waals surface area contributed by atoms with E-state index < -0.39 is 0 Å². The van der Waals surface area contributed by atoms with Crippen LogP contribution in [-0.4, -0.2) is 12.5 Å². The summed E-state index contributed by atoms with van der Waals surface area (Å²) in [5.74, 6) is 1.64. The summed E-state index contributed by atoms with van der Waals surface area (Å²) in [4.78, 5) is 0. The van der Waals surface area contributed by atoms with E-state index in [-0.39, 0.29) is 0 Å². The van der Waals surface area contributed by atoms with Crippen molar-refractivity contribution in [3.05, 3.63) is 0 Å². The molecule has 1 N–H and O–H groups in total. The highest BCUT2D eigenvalue weighted by molar-refractivity contribution is 5.78. The highest BCUT2D eigenvalue weighted by atomic mass is 16.5. The fourth-order valence-corrected chi connectivity index (χ4v) is 0.950. The molecule has 1 aliphatic carbocycles. The fraction of sp³-hybridized carbons (Fsp3) is 0.857. The molecular weight excluding hydrogens is 114 g/mol. The Morgan fingerprint density at radius 3 is 2.67 bits per heavy atom. The van der Waals surface area contributed by atoms with Gasteiger partial charge in [-0.3, -0.25) is 5.41 Å². The van der Waals surface area contributed by atoms with Crippen molar-refractivity contribution in [3.8, 4) is 0 Å². The average Bonchev–Trinajstić information content (AvgIpc) is 2.47. The molecule has 1 rings (SSSR count). The lowest BCUT2D eigenvalue weighted by atomic mass is 10.3. The summed E-state index contributed by atoms with van der Waals surface area (Å²) in [6, 6.07) is 0. The number of hydrogen-bond acceptors (Lipinski definition) is 2. The van der Waals surface area contributed by atoms with Crippen LogP contribution in [0.25, 0.3) is 0 Å². The molecule has 2 unspecified atom stereocenters. The number of rotatable bonds is 2. The smallest absolute Gasteiger partial charge is 0.183 e. The van der Waals surface area contributed by atoms with Crippen LogP contribution in [0, 0.1) is 17.2 Å². The van der Waals surface area contributed by atoms with E-state index in [1.807, 2.05) is 6.92 Å². The second kappa shape index (κ2) is 2.38. The molecule has 2 nitrogen and oxygen atoms in total. The van der Waals surface area contributed by atoms with E-state index in [0.717, 1.165) is 6.42 Å². The number of nitrogens with one attached hydrogen (secondary N) is 1. The van der Waals surface area contributed by atoms with Gasteiger partial charge in [0.1, 0.15) is 0 Å². The van der Waals surface area contributed by atoms with E-state index in [1.165, 1.54) is 0 Å². The summed E-state index contributed by atoms with van der Waals surface area (Å²) >= 11 is 0. The zero-order valence-electron chi connectivity index (χ0n) is 5.98. The first-order valence-corrected chi connectivity index (χ1v) is 3.47. The van der Waals surface area contributed by atoms with Crippen molar-refractivity contribution >= 4 is 5.90 Å². The highest BCUT2D eigenvalue weighted by Gasteiger charge is 2.37. The van der Waals surface area contributed by atoms with Gasteiger partial charge in [-0.1, -0.05) is 6.92 Å². The third-order valence-corrected chi connectivity index (χ3v) is 1.75. The quantitative estimate of drug-likeness (QED) is 0.444. The molecule has 0 spiro atoms. The predicted molar refractivity (Wildman–Crippen MR) is 36.6 cm³/mol. The Morgan fingerprint density at radius 2 is 2.33 bits per heavy atom. The molecule has 1 fully saturated rings. The zero-order valence-corrected chi connectivity index (χ0v) is 5.98. The maximum absolute atomic E-state index is 7.31. The van der Waals surface area contributed by atoms with Gasteiger partial charge in [-0.15, -0.1) is 0 Å². The zero-order chi connectivity index (χ0) is 6.85. The summed E-state index contributed by atoms with van der Waals surface area (Å²) in [6.45, 7) is 4.71. The lowest BCUT2D eigenvalue weighted by Gasteiger charge is -2.00. The van der Waals surface area contributed by atoms with E-state index in [0.29, 0.717) is 24.3 Å². The van der Waals surface area contributed by atoms with Crippen molar-refractivity contribution in [2.24, 2.45) is 11.8 Å². The van der Waals surface area contributed by atoms with Crippen LogP contribution < -0.4 is 0 Å². The van der Waals surface area contributed by atoms with Crippen LogP contribution >= 0.6 is 0 Å². The van der Waals surface area contributed by atoms with E-state index in [4.69, 9.17) is 10.1 Å². The summed E-state index contributed by atoms with van der Waals surface area (Å²) in [5.41, 5.74) is 0. The fourth-order valence-electron chi connectivity index (χ4n) is 0.950. The molecule has 0 saturated heterocycles. The molecule has 1 aliphatic rings. The third kappa shape index (κ3) is 1.44. The summed E-state index contributed by atoms with van der Waals surface area (Å²) in [7, 11) is 0. The number of hydrogen-bond donors (Lipinski definition) is 1. The minimum absolute atomic E-state index is 0.449. The van der Waals surface area contributed by atoms with Crippen LogP contribution in [0.2, 0.25) is 0 Å². The molecule has 0 heterocycles. The van der Waals surface area contributed by atoms with E-state index in [9.17, 15) is 0 Å². The standard InChI is InChI=1S/C7H13NO/c1-3-9-7(8)6-4-5(6)2/h5-6,8H,3-4H2,1-2H3. The monoisotopic (exact) mass is 127 g/mol. The molecule has 9 heavy (non-hydrogen) atoms. The largest absolute Gasteiger partial charge is 0.481 e. The van der Waals surface area contributed by atoms with E-state index in [2.05, 4.69) is 6.92 Å². The predicted octanol–water partition coefficient (Wildman–Crippen LogP) is 1.66. The Hall–Kier alpha value is -0.530. The maximum atomic E-state index is 7.31. The Labute approximate surface area is 55.7 Å². The molecule has 0 aromatic rings. The van der Waals surface area contributed by atoms with Crippen LogP contribution in [0.3, 0.4) is 0 Å². The van der Waals surface area contributed by atoms with Crippen molar-refractivity contribution in [1.82, 2.24) is 0 Å². The van der Waals surface area contributed by atoms with Crippen LogP contribution in [-0.2, 0) is 4.74 Å². The summed E-state index contributed by atoms with van der Waals surface area (Å²) < 4.78 is 5.02. The van der Waals surface area contributed by atoms with Gasteiger partial charge in [0.05, 0.1) is 6.61 Å². The molecule has 0 radical (unpaired) electrons. The molecule has 0 bridgehead atoms. The summed E-state index contributed by atoms with van der Waals surface area (Å²) in [5, 5.41) is 7.31. The van der Waals surface area contributed by atoms with Gasteiger partial charge in [0, 0.05) is 5.92 Å². The van der Waals surface area contributed by atoms with Gasteiger partial charge < -0.3 is 4.74 Å². The number of ether oxygens (including phenoxy) is 1. The minimum Gasteiger partial charge on any atom is -0.481 e. The molecular formula is C7H13NO. The Morgan fingerprint density at radius 1 is 1.78 bits per heavy atom. The Bertz CT molecular complexity index is 122. The van der Waals surface area contributed by atoms with Gasteiger partial charge in [0.15, 0.2) is 5.90 Å². The highest BCUT2D eigenvalue weighted by Crippen LogP contribution is 2.38. The minimum atomic E-state index is 0.449. The first-order chi connectivity index (χ1) is 4.25. The molecule has 52 valence electrons. The third-order valence-electron chi connectivity index (χ3n) is 1.75. The lowest BCUT2D eigenvalue weighted by molar-refractivity contribution is 0.309. The second-order valence-corrected chi connectivity index (χ2v) is 2.62. The van der Waals surface area contributed by atoms with Crippen LogP contribution in [0.4, 0.5) is 0 Å². The molecule has 2 atom stereocenters. The van der Waals surface area contributed by atoms with E-state index >= 15 is 0 Å². The van der Waals surface area contributed by atoms with Crippen molar-refractivity contribution in [2.45, 2.75) is 20.3 Å². The topological polar surface area (TPSA) is 33.1 Å². The van der Waals surface area contributed by atoms with Crippen molar-refractivity contribution in [1.29, 1.82) is 5.41 Å². The van der Waals surface area contributed by atoms with Crippen LogP contribution in [0.5, 0.6) is 0 Å². The van der Waals surface area contributed by atoms with Crippen molar-refractivity contribution < 1.29 is 4.74 Å². The first kappa shape index (κ1) is 6.59. The maximum Gasteiger partial charge on any atom is 0.183 e. The molecule has 2 heteroatoms. The SMILES string of the molecule is CCOC(=N)C1CC1C.